The van der Waals surface area contributed by atoms with E-state index >= 15 is 0 Å². The van der Waals surface area contributed by atoms with Crippen molar-refractivity contribution in [1.82, 2.24) is 9.80 Å². The van der Waals surface area contributed by atoms with Crippen molar-refractivity contribution in [3.8, 4) is 0 Å². The summed E-state index contributed by atoms with van der Waals surface area (Å²) in [5.41, 5.74) is 0.944. The van der Waals surface area contributed by atoms with E-state index in [1.165, 1.54) is 6.07 Å². The van der Waals surface area contributed by atoms with E-state index in [0.717, 1.165) is 23.1 Å². The van der Waals surface area contributed by atoms with Crippen LogP contribution in [0.3, 0.4) is 0 Å². The van der Waals surface area contributed by atoms with Gasteiger partial charge in [0.05, 0.1) is 5.56 Å². The van der Waals surface area contributed by atoms with Crippen LogP contribution in [0, 0.1) is 12.7 Å². The minimum Gasteiger partial charge on any atom is -0.336 e. The highest BCUT2D eigenvalue weighted by Crippen LogP contribution is 2.22. The van der Waals surface area contributed by atoms with Gasteiger partial charge in [0, 0.05) is 30.7 Å². The summed E-state index contributed by atoms with van der Waals surface area (Å²) in [7, 11) is 2.02. The van der Waals surface area contributed by atoms with Crippen molar-refractivity contribution < 1.29 is 9.18 Å². The number of carbonyl (C=O) groups excluding carboxylic acids is 1. The van der Waals surface area contributed by atoms with Crippen LogP contribution in [0.1, 0.15) is 15.9 Å². The Balaban J connectivity index is 2.21. The van der Waals surface area contributed by atoms with Gasteiger partial charge in [0.25, 0.3) is 5.91 Å². The molecule has 0 N–H and O–H groups in total. The van der Waals surface area contributed by atoms with E-state index in [-0.39, 0.29) is 11.5 Å². The second kappa shape index (κ2) is 5.36. The van der Waals surface area contributed by atoms with Gasteiger partial charge in [-0.05, 0) is 31.7 Å². The van der Waals surface area contributed by atoms with Crippen LogP contribution in [0.5, 0.6) is 0 Å². The maximum absolute atomic E-state index is 13.8. The number of aryl methyl sites for hydroxylation is 1. The van der Waals surface area contributed by atoms with Crippen molar-refractivity contribution in [2.45, 2.75) is 6.92 Å². The van der Waals surface area contributed by atoms with Crippen molar-refractivity contribution in [2.75, 3.05) is 33.2 Å². The molecule has 0 atom stereocenters. The number of hydrogen-bond acceptors (Lipinski definition) is 2. The lowest BCUT2D eigenvalue weighted by molar-refractivity contribution is 0.0659. The van der Waals surface area contributed by atoms with Crippen molar-refractivity contribution in [1.29, 1.82) is 0 Å². The fraction of sp³-hybridized carbons (Fsp3) is 0.462. The average molecular weight is 315 g/mol. The molecule has 5 heteroatoms. The molecule has 1 saturated heterocycles. The summed E-state index contributed by atoms with van der Waals surface area (Å²) in [6.07, 6.45) is 0. The largest absolute Gasteiger partial charge is 0.336 e. The molecule has 0 aromatic heterocycles. The monoisotopic (exact) mass is 314 g/mol. The third-order valence-electron chi connectivity index (χ3n) is 3.27. The summed E-state index contributed by atoms with van der Waals surface area (Å²) in [6, 6.07) is 2.97. The van der Waals surface area contributed by atoms with Crippen LogP contribution in [0.15, 0.2) is 16.6 Å². The van der Waals surface area contributed by atoms with E-state index in [1.807, 2.05) is 7.05 Å². The fourth-order valence-corrected chi connectivity index (χ4v) is 2.33. The standard InChI is InChI=1S/C13H16BrFN2O/c1-9-7-12(15)10(8-11(9)14)13(18)17-5-3-16(2)4-6-17/h7-8H,3-6H2,1-2H3. The van der Waals surface area contributed by atoms with Crippen LogP contribution in [-0.2, 0) is 0 Å². The van der Waals surface area contributed by atoms with Crippen LogP contribution >= 0.6 is 15.9 Å². The number of nitrogens with zero attached hydrogens (tertiary/aromatic N) is 2. The van der Waals surface area contributed by atoms with E-state index in [2.05, 4.69) is 20.8 Å². The van der Waals surface area contributed by atoms with Gasteiger partial charge in [-0.2, -0.15) is 0 Å². The normalized spacial score (nSPS) is 17.0. The topological polar surface area (TPSA) is 23.6 Å². The number of amides is 1. The first-order valence-electron chi connectivity index (χ1n) is 5.92. The summed E-state index contributed by atoms with van der Waals surface area (Å²) < 4.78 is 14.6. The Morgan fingerprint density at radius 1 is 1.28 bits per heavy atom. The number of carbonyl (C=O) groups is 1. The quantitative estimate of drug-likeness (QED) is 0.794. The highest BCUT2D eigenvalue weighted by molar-refractivity contribution is 9.10. The van der Waals surface area contributed by atoms with Crippen molar-refractivity contribution in [3.63, 3.8) is 0 Å². The van der Waals surface area contributed by atoms with Gasteiger partial charge in [0.15, 0.2) is 0 Å². The van der Waals surface area contributed by atoms with E-state index in [9.17, 15) is 9.18 Å². The second-order valence-electron chi connectivity index (χ2n) is 4.68. The molecule has 1 aromatic carbocycles. The predicted octanol–water partition coefficient (Wildman–Crippen LogP) is 2.28. The summed E-state index contributed by atoms with van der Waals surface area (Å²) in [6.45, 7) is 4.78. The second-order valence-corrected chi connectivity index (χ2v) is 5.53. The minimum atomic E-state index is -0.445. The van der Waals surface area contributed by atoms with Gasteiger partial charge in [0.2, 0.25) is 0 Å². The van der Waals surface area contributed by atoms with E-state index in [1.54, 1.807) is 17.9 Å². The average Bonchev–Trinajstić information content (AvgIpc) is 2.34. The molecule has 0 radical (unpaired) electrons. The molecule has 18 heavy (non-hydrogen) atoms. The molecule has 0 bridgehead atoms. The number of halogens is 2. The summed E-state index contributed by atoms with van der Waals surface area (Å²) in [5.74, 6) is -0.666. The first-order chi connectivity index (χ1) is 8.49. The predicted molar refractivity (Wildman–Crippen MR) is 72.2 cm³/mol. The van der Waals surface area contributed by atoms with Gasteiger partial charge in [0.1, 0.15) is 5.82 Å². The molecule has 1 aliphatic heterocycles. The van der Waals surface area contributed by atoms with Crippen molar-refractivity contribution in [3.05, 3.63) is 33.5 Å². The lowest BCUT2D eigenvalue weighted by Crippen LogP contribution is -2.47. The molecule has 98 valence electrons. The van der Waals surface area contributed by atoms with Crippen molar-refractivity contribution >= 4 is 21.8 Å². The number of benzene rings is 1. The SMILES string of the molecule is Cc1cc(F)c(C(=O)N2CCN(C)CC2)cc1Br. The molecule has 2 rings (SSSR count). The van der Waals surface area contributed by atoms with Gasteiger partial charge in [-0.1, -0.05) is 15.9 Å². The van der Waals surface area contributed by atoms with Crippen molar-refractivity contribution in [2.24, 2.45) is 0 Å². The first kappa shape index (κ1) is 13.5. The zero-order valence-electron chi connectivity index (χ0n) is 10.5. The molecule has 1 aromatic rings. The molecule has 0 aliphatic carbocycles. The lowest BCUT2D eigenvalue weighted by Gasteiger charge is -2.32. The number of hydrogen-bond donors (Lipinski definition) is 0. The van der Waals surface area contributed by atoms with Crippen LogP contribution in [-0.4, -0.2) is 48.9 Å². The fourth-order valence-electron chi connectivity index (χ4n) is 1.99. The summed E-state index contributed by atoms with van der Waals surface area (Å²) >= 11 is 3.34. The Morgan fingerprint density at radius 3 is 2.50 bits per heavy atom. The Morgan fingerprint density at radius 2 is 1.89 bits per heavy atom. The van der Waals surface area contributed by atoms with Crippen LogP contribution in [0.25, 0.3) is 0 Å². The molecule has 0 spiro atoms. The smallest absolute Gasteiger partial charge is 0.256 e. The number of rotatable bonds is 1. The van der Waals surface area contributed by atoms with E-state index in [4.69, 9.17) is 0 Å². The Labute approximate surface area is 115 Å². The molecular weight excluding hydrogens is 299 g/mol. The van der Waals surface area contributed by atoms with Crippen LogP contribution in [0.2, 0.25) is 0 Å². The Kier molecular flexibility index (Phi) is 4.02. The molecular formula is C13H16BrFN2O. The van der Waals surface area contributed by atoms with Gasteiger partial charge in [-0.25, -0.2) is 4.39 Å². The van der Waals surface area contributed by atoms with Crippen LogP contribution in [0.4, 0.5) is 4.39 Å². The minimum absolute atomic E-state index is 0.150. The molecule has 1 fully saturated rings. The van der Waals surface area contributed by atoms with Gasteiger partial charge < -0.3 is 9.80 Å². The third kappa shape index (κ3) is 2.72. The number of likely N-dealkylation sites (N-methyl/N-ethyl adjacent to an activating group) is 1. The highest BCUT2D eigenvalue weighted by atomic mass is 79.9. The summed E-state index contributed by atoms with van der Waals surface area (Å²) in [4.78, 5) is 16.1. The lowest BCUT2D eigenvalue weighted by atomic mass is 10.1. The molecule has 1 amide bonds. The van der Waals surface area contributed by atoms with Gasteiger partial charge in [-0.15, -0.1) is 0 Å². The Hall–Kier alpha value is -0.940. The molecule has 3 nitrogen and oxygen atoms in total. The first-order valence-corrected chi connectivity index (χ1v) is 6.72. The zero-order valence-corrected chi connectivity index (χ0v) is 12.1. The molecule has 0 saturated carbocycles. The number of piperazine rings is 1. The highest BCUT2D eigenvalue weighted by Gasteiger charge is 2.23. The van der Waals surface area contributed by atoms with Crippen LogP contribution < -0.4 is 0 Å². The van der Waals surface area contributed by atoms with E-state index in [0.29, 0.717) is 13.1 Å². The molecule has 1 aliphatic rings. The maximum atomic E-state index is 13.8. The molecule has 1 heterocycles. The molecule has 0 unspecified atom stereocenters. The maximum Gasteiger partial charge on any atom is 0.256 e. The van der Waals surface area contributed by atoms with Gasteiger partial charge in [-0.3, -0.25) is 4.79 Å². The summed E-state index contributed by atoms with van der Waals surface area (Å²) in [5, 5.41) is 0. The van der Waals surface area contributed by atoms with E-state index < -0.39 is 5.82 Å². The van der Waals surface area contributed by atoms with Gasteiger partial charge >= 0.3 is 0 Å². The third-order valence-corrected chi connectivity index (χ3v) is 4.12. The Bertz CT molecular complexity index is 470. The zero-order chi connectivity index (χ0) is 13.3.